The SMILES string of the molecule is CC(C)(CO)NC(=O)c1cc([N+](=O)[O-])cc([N+](=O)[O-])c1. The molecule has 20 heavy (non-hydrogen) atoms. The fourth-order valence-corrected chi connectivity index (χ4v) is 1.36. The van der Waals surface area contributed by atoms with Gasteiger partial charge in [0, 0.05) is 12.1 Å². The Morgan fingerprint density at radius 3 is 2.00 bits per heavy atom. The summed E-state index contributed by atoms with van der Waals surface area (Å²) in [7, 11) is 0. The van der Waals surface area contributed by atoms with Crippen molar-refractivity contribution in [1.29, 1.82) is 0 Å². The third-order valence-corrected chi connectivity index (χ3v) is 2.43. The van der Waals surface area contributed by atoms with Gasteiger partial charge in [0.15, 0.2) is 0 Å². The van der Waals surface area contributed by atoms with Crippen molar-refractivity contribution in [2.75, 3.05) is 6.61 Å². The Balaban J connectivity index is 3.20. The monoisotopic (exact) mass is 283 g/mol. The maximum atomic E-state index is 11.9. The van der Waals surface area contributed by atoms with E-state index >= 15 is 0 Å². The molecular weight excluding hydrogens is 270 g/mol. The molecule has 1 amide bonds. The van der Waals surface area contributed by atoms with Gasteiger partial charge >= 0.3 is 0 Å². The first-order valence-corrected chi connectivity index (χ1v) is 5.53. The van der Waals surface area contributed by atoms with Crippen LogP contribution < -0.4 is 5.32 Å². The second-order valence-corrected chi connectivity index (χ2v) is 4.75. The second-order valence-electron chi connectivity index (χ2n) is 4.75. The Kier molecular flexibility index (Phi) is 4.35. The number of aliphatic hydroxyl groups is 1. The van der Waals surface area contributed by atoms with Crippen LogP contribution in [0.1, 0.15) is 24.2 Å². The lowest BCUT2D eigenvalue weighted by molar-refractivity contribution is -0.394. The Hall–Kier alpha value is -2.55. The highest BCUT2D eigenvalue weighted by Crippen LogP contribution is 2.23. The van der Waals surface area contributed by atoms with E-state index in [4.69, 9.17) is 5.11 Å². The highest BCUT2D eigenvalue weighted by atomic mass is 16.6. The highest BCUT2D eigenvalue weighted by molar-refractivity contribution is 5.96. The maximum Gasteiger partial charge on any atom is 0.277 e. The zero-order valence-corrected chi connectivity index (χ0v) is 10.8. The summed E-state index contributed by atoms with van der Waals surface area (Å²) in [5.41, 5.74) is -2.26. The van der Waals surface area contributed by atoms with Crippen LogP contribution in [0, 0.1) is 20.2 Å². The number of nitrogens with zero attached hydrogens (tertiary/aromatic N) is 2. The fraction of sp³-hybridized carbons (Fsp3) is 0.364. The van der Waals surface area contributed by atoms with E-state index in [0.717, 1.165) is 18.2 Å². The summed E-state index contributed by atoms with van der Waals surface area (Å²) in [6.45, 7) is 2.73. The van der Waals surface area contributed by atoms with Gasteiger partial charge in [-0.1, -0.05) is 0 Å². The lowest BCUT2D eigenvalue weighted by atomic mass is 10.1. The van der Waals surface area contributed by atoms with Crippen LogP contribution in [0.4, 0.5) is 11.4 Å². The van der Waals surface area contributed by atoms with Gasteiger partial charge in [-0.25, -0.2) is 0 Å². The first-order chi connectivity index (χ1) is 9.16. The van der Waals surface area contributed by atoms with Gasteiger partial charge in [0.05, 0.1) is 33.6 Å². The molecule has 1 aromatic rings. The van der Waals surface area contributed by atoms with Crippen LogP contribution in [-0.4, -0.2) is 33.0 Å². The Morgan fingerprint density at radius 1 is 1.20 bits per heavy atom. The van der Waals surface area contributed by atoms with Crippen molar-refractivity contribution < 1.29 is 19.7 Å². The maximum absolute atomic E-state index is 11.9. The van der Waals surface area contributed by atoms with E-state index in [1.807, 2.05) is 0 Å². The molecule has 0 saturated carbocycles. The number of amides is 1. The molecule has 9 nitrogen and oxygen atoms in total. The second kappa shape index (κ2) is 5.61. The molecule has 0 radical (unpaired) electrons. The summed E-state index contributed by atoms with van der Waals surface area (Å²) in [6.07, 6.45) is 0. The van der Waals surface area contributed by atoms with E-state index in [2.05, 4.69) is 5.32 Å². The molecule has 9 heteroatoms. The average molecular weight is 283 g/mol. The zero-order valence-electron chi connectivity index (χ0n) is 10.8. The summed E-state index contributed by atoms with van der Waals surface area (Å²) < 4.78 is 0. The van der Waals surface area contributed by atoms with Crippen molar-refractivity contribution in [1.82, 2.24) is 5.32 Å². The number of non-ortho nitro benzene ring substituents is 2. The quantitative estimate of drug-likeness (QED) is 0.611. The van der Waals surface area contributed by atoms with Crippen LogP contribution in [0.25, 0.3) is 0 Å². The van der Waals surface area contributed by atoms with Crippen LogP contribution in [0.5, 0.6) is 0 Å². The molecule has 0 spiro atoms. The first kappa shape index (κ1) is 15.5. The van der Waals surface area contributed by atoms with Crippen LogP contribution >= 0.6 is 0 Å². The predicted molar refractivity (Wildman–Crippen MR) is 68.4 cm³/mol. The molecule has 0 atom stereocenters. The van der Waals surface area contributed by atoms with Gasteiger partial charge in [-0.2, -0.15) is 0 Å². The number of aliphatic hydroxyl groups excluding tert-OH is 1. The van der Waals surface area contributed by atoms with Crippen LogP contribution in [0.2, 0.25) is 0 Å². The van der Waals surface area contributed by atoms with Crippen molar-refractivity contribution in [2.24, 2.45) is 0 Å². The number of carbonyl (C=O) groups excluding carboxylic acids is 1. The molecule has 0 aliphatic carbocycles. The smallest absolute Gasteiger partial charge is 0.277 e. The summed E-state index contributed by atoms with van der Waals surface area (Å²) in [4.78, 5) is 31.7. The highest BCUT2D eigenvalue weighted by Gasteiger charge is 2.24. The van der Waals surface area contributed by atoms with Crippen molar-refractivity contribution in [2.45, 2.75) is 19.4 Å². The molecule has 0 aliphatic rings. The van der Waals surface area contributed by atoms with Crippen molar-refractivity contribution in [3.8, 4) is 0 Å². The molecule has 0 saturated heterocycles. The van der Waals surface area contributed by atoms with Gasteiger partial charge in [0.25, 0.3) is 17.3 Å². The first-order valence-electron chi connectivity index (χ1n) is 5.53. The molecule has 0 aromatic heterocycles. The van der Waals surface area contributed by atoms with Crippen molar-refractivity contribution in [3.05, 3.63) is 44.0 Å². The van der Waals surface area contributed by atoms with E-state index in [1.165, 1.54) is 13.8 Å². The number of benzene rings is 1. The van der Waals surface area contributed by atoms with Crippen molar-refractivity contribution >= 4 is 17.3 Å². The minimum absolute atomic E-state index is 0.215. The van der Waals surface area contributed by atoms with E-state index in [9.17, 15) is 25.0 Å². The largest absolute Gasteiger partial charge is 0.394 e. The Morgan fingerprint density at radius 2 is 1.65 bits per heavy atom. The van der Waals surface area contributed by atoms with E-state index in [0.29, 0.717) is 0 Å². The summed E-state index contributed by atoms with van der Waals surface area (Å²) in [6, 6.07) is 2.65. The molecule has 0 aliphatic heterocycles. The van der Waals surface area contributed by atoms with Gasteiger partial charge in [-0.05, 0) is 13.8 Å². The van der Waals surface area contributed by atoms with Crippen LogP contribution in [-0.2, 0) is 0 Å². The van der Waals surface area contributed by atoms with Crippen molar-refractivity contribution in [3.63, 3.8) is 0 Å². The topological polar surface area (TPSA) is 136 Å². The molecule has 0 bridgehead atoms. The molecule has 0 unspecified atom stereocenters. The van der Waals surface area contributed by atoms with Crippen LogP contribution in [0.3, 0.4) is 0 Å². The minimum Gasteiger partial charge on any atom is -0.394 e. The van der Waals surface area contributed by atoms with Gasteiger partial charge in [0.1, 0.15) is 0 Å². The predicted octanol–water partition coefficient (Wildman–Crippen LogP) is 1.00. The average Bonchev–Trinajstić information content (AvgIpc) is 2.37. The van der Waals surface area contributed by atoms with E-state index < -0.39 is 32.7 Å². The molecule has 1 aromatic carbocycles. The van der Waals surface area contributed by atoms with Gasteiger partial charge in [-0.15, -0.1) is 0 Å². The van der Waals surface area contributed by atoms with E-state index in [1.54, 1.807) is 0 Å². The molecule has 108 valence electrons. The lowest BCUT2D eigenvalue weighted by Gasteiger charge is -2.23. The molecule has 0 fully saturated rings. The number of nitro groups is 2. The minimum atomic E-state index is -0.948. The van der Waals surface area contributed by atoms with Gasteiger partial charge < -0.3 is 10.4 Å². The number of hydrogen-bond acceptors (Lipinski definition) is 6. The number of nitro benzene ring substituents is 2. The molecule has 2 N–H and O–H groups in total. The number of nitrogens with one attached hydrogen (secondary N) is 1. The number of carbonyl (C=O) groups is 1. The normalized spacial score (nSPS) is 10.9. The lowest BCUT2D eigenvalue weighted by Crippen LogP contribution is -2.46. The zero-order chi connectivity index (χ0) is 15.5. The molecule has 1 rings (SSSR count). The van der Waals surface area contributed by atoms with E-state index in [-0.39, 0.29) is 12.2 Å². The molecular formula is C11H13N3O6. The summed E-state index contributed by atoms with van der Waals surface area (Å²) in [5.74, 6) is -0.740. The number of rotatable bonds is 5. The Bertz CT molecular complexity index is 537. The van der Waals surface area contributed by atoms with Gasteiger partial charge in [-0.3, -0.25) is 25.0 Å². The van der Waals surface area contributed by atoms with Crippen LogP contribution in [0.15, 0.2) is 18.2 Å². The summed E-state index contributed by atoms with van der Waals surface area (Å²) in [5, 5.41) is 32.9. The number of hydrogen-bond donors (Lipinski definition) is 2. The third-order valence-electron chi connectivity index (χ3n) is 2.43. The fourth-order valence-electron chi connectivity index (χ4n) is 1.36. The Labute approximate surface area is 113 Å². The third kappa shape index (κ3) is 3.72. The molecule has 0 heterocycles. The summed E-state index contributed by atoms with van der Waals surface area (Å²) >= 11 is 0. The van der Waals surface area contributed by atoms with Gasteiger partial charge in [0.2, 0.25) is 0 Å². The standard InChI is InChI=1S/C11H13N3O6/c1-11(2,6-15)12-10(16)7-3-8(13(17)18)5-9(4-7)14(19)20/h3-5,15H,6H2,1-2H3,(H,12,16).